The quantitative estimate of drug-likeness (QED) is 0.690. The van der Waals surface area contributed by atoms with Crippen molar-refractivity contribution in [3.05, 3.63) is 30.1 Å². The van der Waals surface area contributed by atoms with Crippen molar-refractivity contribution >= 4 is 11.9 Å². The first-order chi connectivity index (χ1) is 10.8. The van der Waals surface area contributed by atoms with E-state index in [1.807, 2.05) is 6.92 Å². The molecule has 0 fully saturated rings. The molecule has 0 saturated heterocycles. The van der Waals surface area contributed by atoms with Crippen molar-refractivity contribution in [3.63, 3.8) is 0 Å². The molecule has 0 aromatic heterocycles. The highest BCUT2D eigenvalue weighted by molar-refractivity contribution is 5.88. The predicted octanol–water partition coefficient (Wildman–Crippen LogP) is 2.78. The third-order valence-corrected chi connectivity index (χ3v) is 3.11. The Bertz CT molecular complexity index is 528. The van der Waals surface area contributed by atoms with Crippen LogP contribution in [0.3, 0.4) is 0 Å². The molecule has 0 aliphatic rings. The van der Waals surface area contributed by atoms with E-state index in [1.165, 1.54) is 29.2 Å². The number of hydrogen-bond donors (Lipinski definition) is 0. The average Bonchev–Trinajstić information content (AvgIpc) is 2.48. The molecule has 0 atom stereocenters. The first kappa shape index (κ1) is 18.9. The lowest BCUT2D eigenvalue weighted by atomic mass is 10.1. The van der Waals surface area contributed by atoms with Gasteiger partial charge in [-0.05, 0) is 51.5 Å². The number of rotatable bonds is 8. The lowest BCUT2D eigenvalue weighted by Crippen LogP contribution is -2.50. The zero-order chi connectivity index (χ0) is 17.5. The lowest BCUT2D eigenvalue weighted by Gasteiger charge is -2.31. The molecule has 1 rings (SSSR count). The van der Waals surface area contributed by atoms with E-state index < -0.39 is 11.6 Å². The third-order valence-electron chi connectivity index (χ3n) is 3.11. The van der Waals surface area contributed by atoms with Gasteiger partial charge < -0.3 is 14.4 Å². The summed E-state index contributed by atoms with van der Waals surface area (Å²) in [6.45, 7) is 7.44. The van der Waals surface area contributed by atoms with E-state index in [1.54, 1.807) is 20.8 Å². The van der Waals surface area contributed by atoms with Crippen molar-refractivity contribution in [1.82, 2.24) is 4.90 Å². The second kappa shape index (κ2) is 8.50. The highest BCUT2D eigenvalue weighted by atomic mass is 19.1. The monoisotopic (exact) mass is 325 g/mol. The molecule has 6 heteroatoms. The lowest BCUT2D eigenvalue weighted by molar-refractivity contribution is -0.154. The van der Waals surface area contributed by atoms with Gasteiger partial charge in [0.15, 0.2) is 5.60 Å². The molecule has 0 N–H and O–H groups in total. The predicted molar refractivity (Wildman–Crippen MR) is 84.6 cm³/mol. The number of ether oxygens (including phenoxy) is 2. The molecule has 1 amide bonds. The number of amides is 1. The number of nitrogens with zero attached hydrogens (tertiary/aromatic N) is 1. The topological polar surface area (TPSA) is 55.8 Å². The molecule has 0 heterocycles. The average molecular weight is 325 g/mol. The van der Waals surface area contributed by atoms with E-state index in [0.717, 1.165) is 0 Å². The van der Waals surface area contributed by atoms with E-state index in [2.05, 4.69) is 0 Å². The maximum atomic E-state index is 12.9. The molecule has 0 unspecified atom stereocenters. The van der Waals surface area contributed by atoms with Gasteiger partial charge in [-0.2, -0.15) is 0 Å². The Labute approximate surface area is 136 Å². The summed E-state index contributed by atoms with van der Waals surface area (Å²) in [5.74, 6) is -0.766. The summed E-state index contributed by atoms with van der Waals surface area (Å²) in [5.41, 5.74) is -1.18. The van der Waals surface area contributed by atoms with Gasteiger partial charge in [0.25, 0.3) is 5.91 Å². The molecule has 0 aliphatic carbocycles. The molecule has 1 aromatic rings. The van der Waals surface area contributed by atoms with Gasteiger partial charge in [0.2, 0.25) is 0 Å². The summed E-state index contributed by atoms with van der Waals surface area (Å²) in [7, 11) is 0. The zero-order valence-electron chi connectivity index (χ0n) is 14.1. The Balaban J connectivity index is 2.82. The minimum Gasteiger partial charge on any atom is -0.478 e. The van der Waals surface area contributed by atoms with Gasteiger partial charge in [0, 0.05) is 6.54 Å². The summed E-state index contributed by atoms with van der Waals surface area (Å²) < 4.78 is 23.5. The second-order valence-electron chi connectivity index (χ2n) is 5.60. The molecule has 23 heavy (non-hydrogen) atoms. The standard InChI is InChI=1S/C17H24FNO4/c1-5-11-19(12-15(20)22-6-2)16(21)17(3,4)23-14-9-7-13(18)8-10-14/h7-10H,5-6,11-12H2,1-4H3. The van der Waals surface area contributed by atoms with Gasteiger partial charge >= 0.3 is 5.97 Å². The van der Waals surface area contributed by atoms with Crippen molar-refractivity contribution < 1.29 is 23.5 Å². The van der Waals surface area contributed by atoms with Gasteiger partial charge in [-0.1, -0.05) is 6.92 Å². The third kappa shape index (κ3) is 5.88. The fraction of sp³-hybridized carbons (Fsp3) is 0.529. The first-order valence-electron chi connectivity index (χ1n) is 7.69. The number of esters is 1. The zero-order valence-corrected chi connectivity index (χ0v) is 14.1. The van der Waals surface area contributed by atoms with E-state index in [4.69, 9.17) is 9.47 Å². The molecule has 0 radical (unpaired) electrons. The molecule has 0 aliphatic heterocycles. The number of halogens is 1. The number of carbonyl (C=O) groups is 2. The summed E-state index contributed by atoms with van der Waals surface area (Å²) in [6.07, 6.45) is 0.706. The fourth-order valence-corrected chi connectivity index (χ4v) is 2.11. The van der Waals surface area contributed by atoms with Crippen LogP contribution in [0.2, 0.25) is 0 Å². The van der Waals surface area contributed by atoms with Crippen LogP contribution < -0.4 is 4.74 Å². The van der Waals surface area contributed by atoms with E-state index in [0.29, 0.717) is 18.7 Å². The Morgan fingerprint density at radius 3 is 2.30 bits per heavy atom. The van der Waals surface area contributed by atoms with Crippen LogP contribution in [-0.4, -0.2) is 42.1 Å². The number of carbonyl (C=O) groups excluding carboxylic acids is 2. The highest BCUT2D eigenvalue weighted by Gasteiger charge is 2.35. The van der Waals surface area contributed by atoms with Crippen molar-refractivity contribution in [2.75, 3.05) is 19.7 Å². The van der Waals surface area contributed by atoms with Gasteiger partial charge in [-0.15, -0.1) is 0 Å². The van der Waals surface area contributed by atoms with Gasteiger partial charge in [0.1, 0.15) is 18.1 Å². The van der Waals surface area contributed by atoms with Crippen LogP contribution in [0.25, 0.3) is 0 Å². The maximum Gasteiger partial charge on any atom is 0.325 e. The van der Waals surface area contributed by atoms with Gasteiger partial charge in [-0.3, -0.25) is 9.59 Å². The number of benzene rings is 1. The Morgan fingerprint density at radius 2 is 1.78 bits per heavy atom. The summed E-state index contributed by atoms with van der Waals surface area (Å²) >= 11 is 0. The fourth-order valence-electron chi connectivity index (χ4n) is 2.11. The van der Waals surface area contributed by atoms with Crippen LogP contribution >= 0.6 is 0 Å². The Hall–Kier alpha value is -2.11. The van der Waals surface area contributed by atoms with Crippen molar-refractivity contribution in [3.8, 4) is 5.75 Å². The maximum absolute atomic E-state index is 12.9. The normalized spacial score (nSPS) is 11.0. The summed E-state index contributed by atoms with van der Waals surface area (Å²) in [5, 5.41) is 0. The molecule has 5 nitrogen and oxygen atoms in total. The Morgan fingerprint density at radius 1 is 1.17 bits per heavy atom. The largest absolute Gasteiger partial charge is 0.478 e. The SMILES string of the molecule is CCCN(CC(=O)OCC)C(=O)C(C)(C)Oc1ccc(F)cc1. The molecule has 0 bridgehead atoms. The molecule has 0 saturated carbocycles. The van der Waals surface area contributed by atoms with E-state index in [-0.39, 0.29) is 24.9 Å². The minimum atomic E-state index is -1.18. The van der Waals surface area contributed by atoms with Crippen LogP contribution in [0, 0.1) is 5.82 Å². The molecule has 0 spiro atoms. The van der Waals surface area contributed by atoms with Crippen LogP contribution in [0.5, 0.6) is 5.75 Å². The first-order valence-corrected chi connectivity index (χ1v) is 7.69. The van der Waals surface area contributed by atoms with Crippen LogP contribution in [0.1, 0.15) is 34.1 Å². The van der Waals surface area contributed by atoms with Crippen LogP contribution in [0.15, 0.2) is 24.3 Å². The Kier molecular flexibility index (Phi) is 7.00. The number of hydrogen-bond acceptors (Lipinski definition) is 4. The van der Waals surface area contributed by atoms with E-state index in [9.17, 15) is 14.0 Å². The van der Waals surface area contributed by atoms with Crippen molar-refractivity contribution in [2.24, 2.45) is 0 Å². The van der Waals surface area contributed by atoms with Crippen LogP contribution in [0.4, 0.5) is 4.39 Å². The summed E-state index contributed by atoms with van der Waals surface area (Å²) in [6, 6.07) is 5.44. The molecular formula is C17H24FNO4. The van der Waals surface area contributed by atoms with E-state index >= 15 is 0 Å². The minimum absolute atomic E-state index is 0.114. The van der Waals surface area contributed by atoms with Crippen molar-refractivity contribution in [1.29, 1.82) is 0 Å². The molecule has 128 valence electrons. The second-order valence-corrected chi connectivity index (χ2v) is 5.60. The highest BCUT2D eigenvalue weighted by Crippen LogP contribution is 2.21. The van der Waals surface area contributed by atoms with Gasteiger partial charge in [-0.25, -0.2) is 4.39 Å². The van der Waals surface area contributed by atoms with Crippen LogP contribution in [-0.2, 0) is 14.3 Å². The van der Waals surface area contributed by atoms with Gasteiger partial charge in [0.05, 0.1) is 6.61 Å². The smallest absolute Gasteiger partial charge is 0.325 e. The molecule has 1 aromatic carbocycles. The summed E-state index contributed by atoms with van der Waals surface area (Å²) in [4.78, 5) is 25.8. The molecular weight excluding hydrogens is 301 g/mol. The van der Waals surface area contributed by atoms with Crippen molar-refractivity contribution in [2.45, 2.75) is 39.7 Å².